The van der Waals surface area contributed by atoms with Crippen LogP contribution in [0.15, 0.2) is 42.6 Å². The third-order valence-electron chi connectivity index (χ3n) is 2.09. The Bertz CT molecular complexity index is 542. The highest BCUT2D eigenvalue weighted by Gasteiger charge is 2.09. The number of anilines is 1. The van der Waals surface area contributed by atoms with Crippen LogP contribution in [0.2, 0.25) is 0 Å². The smallest absolute Gasteiger partial charge is 0.257 e. The van der Waals surface area contributed by atoms with Gasteiger partial charge in [0.1, 0.15) is 11.6 Å². The van der Waals surface area contributed by atoms with Gasteiger partial charge in [-0.25, -0.2) is 9.37 Å². The molecule has 0 saturated carbocycles. The Morgan fingerprint density at radius 1 is 1.24 bits per heavy atom. The molecule has 0 saturated heterocycles. The van der Waals surface area contributed by atoms with E-state index in [0.717, 1.165) is 9.77 Å². The lowest BCUT2D eigenvalue weighted by Gasteiger charge is -2.05. The van der Waals surface area contributed by atoms with E-state index in [-0.39, 0.29) is 5.91 Å². The van der Waals surface area contributed by atoms with E-state index in [0.29, 0.717) is 11.4 Å². The number of pyridine rings is 1. The molecule has 2 rings (SSSR count). The van der Waals surface area contributed by atoms with Crippen molar-refractivity contribution in [2.24, 2.45) is 0 Å². The van der Waals surface area contributed by atoms with Crippen molar-refractivity contribution in [1.82, 2.24) is 4.98 Å². The molecule has 0 bridgehead atoms. The van der Waals surface area contributed by atoms with Gasteiger partial charge in [-0.3, -0.25) is 4.79 Å². The van der Waals surface area contributed by atoms with Crippen LogP contribution in [0, 0.1) is 9.39 Å². The monoisotopic (exact) mass is 342 g/mol. The molecule has 0 radical (unpaired) electrons. The summed E-state index contributed by atoms with van der Waals surface area (Å²) < 4.78 is 13.5. The Kier molecular flexibility index (Phi) is 3.68. The van der Waals surface area contributed by atoms with Gasteiger partial charge in [-0.1, -0.05) is 12.1 Å². The van der Waals surface area contributed by atoms with Crippen molar-refractivity contribution in [3.8, 4) is 0 Å². The van der Waals surface area contributed by atoms with Gasteiger partial charge in [-0.05, 0) is 46.9 Å². The molecule has 86 valence electrons. The highest BCUT2D eigenvalue weighted by atomic mass is 127. The third kappa shape index (κ3) is 3.00. The minimum atomic E-state index is -0.433. The summed E-state index contributed by atoms with van der Waals surface area (Å²) in [4.78, 5) is 15.6. The first-order chi connectivity index (χ1) is 8.16. The third-order valence-corrected chi connectivity index (χ3v) is 3.03. The molecular formula is C12H8FIN2O. The number of hydrogen-bond donors (Lipinski definition) is 1. The number of rotatable bonds is 2. The summed E-state index contributed by atoms with van der Waals surface area (Å²) in [6, 6.07) is 9.87. The lowest BCUT2D eigenvalue weighted by atomic mass is 10.2. The lowest BCUT2D eigenvalue weighted by molar-refractivity contribution is 0.102. The number of carbonyl (C=O) groups excluding carboxylic acids is 1. The van der Waals surface area contributed by atoms with Crippen LogP contribution in [0.25, 0.3) is 0 Å². The molecule has 1 heterocycles. The van der Waals surface area contributed by atoms with E-state index in [1.807, 2.05) is 12.1 Å². The Morgan fingerprint density at radius 3 is 2.65 bits per heavy atom. The van der Waals surface area contributed by atoms with Gasteiger partial charge in [0, 0.05) is 3.57 Å². The van der Waals surface area contributed by atoms with Crippen LogP contribution < -0.4 is 5.32 Å². The van der Waals surface area contributed by atoms with Crippen molar-refractivity contribution in [1.29, 1.82) is 0 Å². The van der Waals surface area contributed by atoms with Crippen molar-refractivity contribution in [3.05, 3.63) is 57.5 Å². The van der Waals surface area contributed by atoms with Crippen molar-refractivity contribution in [2.75, 3.05) is 5.32 Å². The van der Waals surface area contributed by atoms with E-state index in [2.05, 4.69) is 32.9 Å². The number of benzene rings is 1. The number of nitrogens with one attached hydrogen (secondary N) is 1. The maximum Gasteiger partial charge on any atom is 0.257 e. The Morgan fingerprint density at radius 2 is 2.00 bits per heavy atom. The Balaban J connectivity index is 2.17. The van der Waals surface area contributed by atoms with Gasteiger partial charge in [0.15, 0.2) is 0 Å². The van der Waals surface area contributed by atoms with E-state index in [1.165, 1.54) is 12.1 Å². The number of carbonyl (C=O) groups is 1. The highest BCUT2D eigenvalue weighted by Crippen LogP contribution is 2.13. The maximum atomic E-state index is 12.6. The SMILES string of the molecule is O=C(Nc1ccc(F)cn1)c1ccccc1I. The van der Waals surface area contributed by atoms with E-state index in [1.54, 1.807) is 12.1 Å². The summed E-state index contributed by atoms with van der Waals surface area (Å²) in [5, 5.41) is 2.60. The van der Waals surface area contributed by atoms with E-state index < -0.39 is 5.82 Å². The molecular weight excluding hydrogens is 334 g/mol. The molecule has 1 N–H and O–H groups in total. The largest absolute Gasteiger partial charge is 0.307 e. The molecule has 1 aromatic carbocycles. The van der Waals surface area contributed by atoms with E-state index >= 15 is 0 Å². The normalized spacial score (nSPS) is 10.0. The van der Waals surface area contributed by atoms with Crippen LogP contribution in [0.5, 0.6) is 0 Å². The van der Waals surface area contributed by atoms with Crippen LogP contribution in [0.1, 0.15) is 10.4 Å². The molecule has 1 aromatic heterocycles. The molecule has 5 heteroatoms. The van der Waals surface area contributed by atoms with E-state index in [4.69, 9.17) is 0 Å². The van der Waals surface area contributed by atoms with E-state index in [9.17, 15) is 9.18 Å². The molecule has 3 nitrogen and oxygen atoms in total. The predicted molar refractivity (Wildman–Crippen MR) is 71.3 cm³/mol. The second kappa shape index (κ2) is 5.22. The van der Waals surface area contributed by atoms with Crippen molar-refractivity contribution >= 4 is 34.3 Å². The minimum absolute atomic E-state index is 0.255. The second-order valence-corrected chi connectivity index (χ2v) is 4.46. The van der Waals surface area contributed by atoms with Crippen molar-refractivity contribution < 1.29 is 9.18 Å². The van der Waals surface area contributed by atoms with Crippen molar-refractivity contribution in [3.63, 3.8) is 0 Å². The number of halogens is 2. The first-order valence-electron chi connectivity index (χ1n) is 4.84. The zero-order chi connectivity index (χ0) is 12.3. The summed E-state index contributed by atoms with van der Waals surface area (Å²) in [7, 11) is 0. The first kappa shape index (κ1) is 12.0. The molecule has 0 aliphatic rings. The quantitative estimate of drug-likeness (QED) is 0.853. The molecule has 1 amide bonds. The van der Waals surface area contributed by atoms with Crippen LogP contribution in [-0.2, 0) is 0 Å². The minimum Gasteiger partial charge on any atom is -0.307 e. The number of aromatic nitrogens is 1. The molecule has 2 aromatic rings. The standard InChI is InChI=1S/C12H8FIN2O/c13-8-5-6-11(15-7-8)16-12(17)9-3-1-2-4-10(9)14/h1-7H,(H,15,16,17). The summed E-state index contributed by atoms with van der Waals surface area (Å²) in [5.74, 6) is -0.359. The number of nitrogens with zero attached hydrogens (tertiary/aromatic N) is 1. The number of hydrogen-bond acceptors (Lipinski definition) is 2. The zero-order valence-electron chi connectivity index (χ0n) is 8.65. The molecule has 0 aliphatic heterocycles. The molecule has 0 atom stereocenters. The van der Waals surface area contributed by atoms with Gasteiger partial charge in [0.2, 0.25) is 0 Å². The Labute approximate surface area is 111 Å². The molecule has 0 fully saturated rings. The van der Waals surface area contributed by atoms with Crippen LogP contribution >= 0.6 is 22.6 Å². The molecule has 0 unspecified atom stereocenters. The summed E-state index contributed by atoms with van der Waals surface area (Å²) >= 11 is 2.08. The van der Waals surface area contributed by atoms with Crippen LogP contribution in [-0.4, -0.2) is 10.9 Å². The average molecular weight is 342 g/mol. The highest BCUT2D eigenvalue weighted by molar-refractivity contribution is 14.1. The summed E-state index contributed by atoms with van der Waals surface area (Å²) in [5.41, 5.74) is 0.569. The topological polar surface area (TPSA) is 42.0 Å². The van der Waals surface area contributed by atoms with Gasteiger partial charge in [0.05, 0.1) is 11.8 Å². The van der Waals surface area contributed by atoms with Gasteiger partial charge in [0.25, 0.3) is 5.91 Å². The molecule has 17 heavy (non-hydrogen) atoms. The molecule has 0 spiro atoms. The van der Waals surface area contributed by atoms with Crippen LogP contribution in [0.3, 0.4) is 0 Å². The molecule has 0 aliphatic carbocycles. The fraction of sp³-hybridized carbons (Fsp3) is 0. The van der Waals surface area contributed by atoms with Crippen LogP contribution in [0.4, 0.5) is 10.2 Å². The van der Waals surface area contributed by atoms with Gasteiger partial charge in [-0.15, -0.1) is 0 Å². The maximum absolute atomic E-state index is 12.6. The van der Waals surface area contributed by atoms with Gasteiger partial charge >= 0.3 is 0 Å². The first-order valence-corrected chi connectivity index (χ1v) is 5.92. The average Bonchev–Trinajstić information content (AvgIpc) is 2.32. The van der Waals surface area contributed by atoms with Gasteiger partial charge in [-0.2, -0.15) is 0 Å². The zero-order valence-corrected chi connectivity index (χ0v) is 10.8. The number of amides is 1. The predicted octanol–water partition coefficient (Wildman–Crippen LogP) is 3.08. The lowest BCUT2D eigenvalue weighted by Crippen LogP contribution is -2.14. The fourth-order valence-corrected chi connectivity index (χ4v) is 1.91. The fourth-order valence-electron chi connectivity index (χ4n) is 1.28. The second-order valence-electron chi connectivity index (χ2n) is 3.30. The van der Waals surface area contributed by atoms with Gasteiger partial charge < -0.3 is 5.32 Å². The van der Waals surface area contributed by atoms with Crippen molar-refractivity contribution in [2.45, 2.75) is 0 Å². The summed E-state index contributed by atoms with van der Waals surface area (Å²) in [6.45, 7) is 0. The Hall–Kier alpha value is -1.50. The summed E-state index contributed by atoms with van der Waals surface area (Å²) in [6.07, 6.45) is 1.06.